The third-order valence-electron chi connectivity index (χ3n) is 2.34. The van der Waals surface area contributed by atoms with Crippen molar-refractivity contribution in [2.45, 2.75) is 20.3 Å². The molecule has 0 rings (SSSR count). The molecule has 1 unspecified atom stereocenters. The first-order valence-corrected chi connectivity index (χ1v) is 5.33. The Morgan fingerprint density at radius 2 is 2.07 bits per heavy atom. The van der Waals surface area contributed by atoms with Crippen LogP contribution in [0.2, 0.25) is 0 Å². The van der Waals surface area contributed by atoms with Crippen LogP contribution in [0.15, 0.2) is 0 Å². The SMILES string of the molecule is CCN(CCC(=O)N(C)C)CC(C)C#N. The van der Waals surface area contributed by atoms with Crippen LogP contribution in [-0.2, 0) is 4.79 Å². The summed E-state index contributed by atoms with van der Waals surface area (Å²) in [6.07, 6.45) is 0.527. The number of rotatable bonds is 6. The molecule has 0 aliphatic carbocycles. The molecule has 0 aromatic rings. The Morgan fingerprint density at radius 3 is 2.47 bits per heavy atom. The maximum atomic E-state index is 11.4. The zero-order valence-corrected chi connectivity index (χ0v) is 10.2. The molecule has 15 heavy (non-hydrogen) atoms. The lowest BCUT2D eigenvalue weighted by Crippen LogP contribution is -2.32. The second-order valence-electron chi connectivity index (χ2n) is 3.96. The van der Waals surface area contributed by atoms with Gasteiger partial charge < -0.3 is 9.80 Å². The van der Waals surface area contributed by atoms with Gasteiger partial charge in [0.1, 0.15) is 0 Å². The van der Waals surface area contributed by atoms with Crippen molar-refractivity contribution < 1.29 is 4.79 Å². The lowest BCUT2D eigenvalue weighted by molar-refractivity contribution is -0.129. The minimum atomic E-state index is 0.0272. The summed E-state index contributed by atoms with van der Waals surface area (Å²) in [4.78, 5) is 15.1. The van der Waals surface area contributed by atoms with Crippen molar-refractivity contribution >= 4 is 5.91 Å². The average Bonchev–Trinajstić information content (AvgIpc) is 2.22. The Labute approximate surface area is 92.5 Å². The summed E-state index contributed by atoms with van der Waals surface area (Å²) in [5.74, 6) is 0.164. The van der Waals surface area contributed by atoms with E-state index in [0.29, 0.717) is 6.42 Å². The van der Waals surface area contributed by atoms with Crippen LogP contribution in [0, 0.1) is 17.2 Å². The highest BCUT2D eigenvalue weighted by atomic mass is 16.2. The van der Waals surface area contributed by atoms with Gasteiger partial charge in [0.25, 0.3) is 0 Å². The molecule has 4 heteroatoms. The molecule has 0 aliphatic rings. The van der Waals surface area contributed by atoms with Gasteiger partial charge >= 0.3 is 0 Å². The van der Waals surface area contributed by atoms with Crippen molar-refractivity contribution in [1.82, 2.24) is 9.80 Å². The largest absolute Gasteiger partial charge is 0.349 e. The number of carbonyl (C=O) groups excluding carboxylic acids is 1. The Hall–Kier alpha value is -1.08. The Morgan fingerprint density at radius 1 is 1.47 bits per heavy atom. The Kier molecular flexibility index (Phi) is 6.72. The molecule has 0 fully saturated rings. The molecular weight excluding hydrogens is 190 g/mol. The topological polar surface area (TPSA) is 47.3 Å². The van der Waals surface area contributed by atoms with E-state index in [2.05, 4.69) is 11.0 Å². The zero-order valence-electron chi connectivity index (χ0n) is 10.2. The quantitative estimate of drug-likeness (QED) is 0.657. The number of amides is 1. The molecule has 1 atom stereocenters. The van der Waals surface area contributed by atoms with E-state index in [9.17, 15) is 4.79 Å². The first-order valence-electron chi connectivity index (χ1n) is 5.33. The first-order chi connectivity index (χ1) is 7.01. The van der Waals surface area contributed by atoms with E-state index in [1.807, 2.05) is 13.8 Å². The number of nitrogens with zero attached hydrogens (tertiary/aromatic N) is 3. The molecule has 0 saturated heterocycles. The van der Waals surface area contributed by atoms with Gasteiger partial charge in [-0.1, -0.05) is 6.92 Å². The van der Waals surface area contributed by atoms with Crippen molar-refractivity contribution in [3.05, 3.63) is 0 Å². The van der Waals surface area contributed by atoms with E-state index in [4.69, 9.17) is 5.26 Å². The molecular formula is C11H21N3O. The Balaban J connectivity index is 3.91. The number of carbonyl (C=O) groups is 1. The van der Waals surface area contributed by atoms with Gasteiger partial charge in [-0.05, 0) is 13.5 Å². The van der Waals surface area contributed by atoms with E-state index < -0.39 is 0 Å². The summed E-state index contributed by atoms with van der Waals surface area (Å²) in [5.41, 5.74) is 0. The van der Waals surface area contributed by atoms with E-state index in [1.165, 1.54) is 0 Å². The molecule has 0 aromatic heterocycles. The van der Waals surface area contributed by atoms with Gasteiger partial charge in [0.05, 0.1) is 12.0 Å². The van der Waals surface area contributed by atoms with Gasteiger partial charge in [0, 0.05) is 33.6 Å². The summed E-state index contributed by atoms with van der Waals surface area (Å²) in [6, 6.07) is 2.20. The van der Waals surface area contributed by atoms with Crippen LogP contribution >= 0.6 is 0 Å². The summed E-state index contributed by atoms with van der Waals surface area (Å²) in [6.45, 7) is 6.31. The second kappa shape index (κ2) is 7.24. The third kappa shape index (κ3) is 6.08. The summed E-state index contributed by atoms with van der Waals surface area (Å²) < 4.78 is 0. The van der Waals surface area contributed by atoms with Gasteiger partial charge in [0.2, 0.25) is 5.91 Å². The van der Waals surface area contributed by atoms with Crippen LogP contribution in [0.3, 0.4) is 0 Å². The van der Waals surface area contributed by atoms with Crippen LogP contribution < -0.4 is 0 Å². The van der Waals surface area contributed by atoms with E-state index in [0.717, 1.165) is 19.6 Å². The minimum Gasteiger partial charge on any atom is -0.349 e. The molecule has 1 amide bonds. The molecule has 0 heterocycles. The van der Waals surface area contributed by atoms with Crippen molar-refractivity contribution in [3.8, 4) is 6.07 Å². The molecule has 4 nitrogen and oxygen atoms in total. The molecule has 0 aliphatic heterocycles. The highest BCUT2D eigenvalue weighted by Crippen LogP contribution is 2.00. The van der Waals surface area contributed by atoms with Crippen molar-refractivity contribution in [2.24, 2.45) is 5.92 Å². The predicted molar refractivity (Wildman–Crippen MR) is 60.2 cm³/mol. The summed E-state index contributed by atoms with van der Waals surface area (Å²) >= 11 is 0. The van der Waals surface area contributed by atoms with Crippen LogP contribution in [0.4, 0.5) is 0 Å². The molecule has 0 spiro atoms. The molecule has 86 valence electrons. The highest BCUT2D eigenvalue weighted by molar-refractivity contribution is 5.75. The average molecular weight is 211 g/mol. The second-order valence-corrected chi connectivity index (χ2v) is 3.96. The lowest BCUT2D eigenvalue weighted by atomic mass is 10.2. The third-order valence-corrected chi connectivity index (χ3v) is 2.34. The molecule has 0 aromatic carbocycles. The lowest BCUT2D eigenvalue weighted by Gasteiger charge is -2.21. The van der Waals surface area contributed by atoms with Crippen LogP contribution in [0.1, 0.15) is 20.3 Å². The highest BCUT2D eigenvalue weighted by Gasteiger charge is 2.10. The van der Waals surface area contributed by atoms with Gasteiger partial charge in [-0.3, -0.25) is 4.79 Å². The van der Waals surface area contributed by atoms with Crippen LogP contribution in [0.25, 0.3) is 0 Å². The molecule has 0 radical (unpaired) electrons. The minimum absolute atomic E-state index is 0.0272. The maximum Gasteiger partial charge on any atom is 0.223 e. The van der Waals surface area contributed by atoms with E-state index in [1.54, 1.807) is 19.0 Å². The predicted octanol–water partition coefficient (Wildman–Crippen LogP) is 0.946. The molecule has 0 saturated carbocycles. The van der Waals surface area contributed by atoms with Crippen molar-refractivity contribution in [3.63, 3.8) is 0 Å². The molecule has 0 bridgehead atoms. The molecule has 0 N–H and O–H groups in total. The smallest absolute Gasteiger partial charge is 0.223 e. The normalized spacial score (nSPS) is 12.3. The monoisotopic (exact) mass is 211 g/mol. The fourth-order valence-electron chi connectivity index (χ4n) is 1.28. The van der Waals surface area contributed by atoms with Gasteiger partial charge in [-0.2, -0.15) is 5.26 Å². The Bertz CT molecular complexity index is 232. The van der Waals surface area contributed by atoms with Crippen molar-refractivity contribution in [2.75, 3.05) is 33.7 Å². The van der Waals surface area contributed by atoms with Crippen molar-refractivity contribution in [1.29, 1.82) is 5.26 Å². The van der Waals surface area contributed by atoms with Gasteiger partial charge in [0.15, 0.2) is 0 Å². The zero-order chi connectivity index (χ0) is 11.8. The van der Waals surface area contributed by atoms with Gasteiger partial charge in [-0.15, -0.1) is 0 Å². The number of hydrogen-bond donors (Lipinski definition) is 0. The van der Waals surface area contributed by atoms with Crippen LogP contribution in [-0.4, -0.2) is 49.4 Å². The fourth-order valence-corrected chi connectivity index (χ4v) is 1.28. The van der Waals surface area contributed by atoms with Crippen LogP contribution in [0.5, 0.6) is 0 Å². The fraction of sp³-hybridized carbons (Fsp3) is 0.818. The summed E-state index contributed by atoms with van der Waals surface area (Å²) in [7, 11) is 3.52. The standard InChI is InChI=1S/C11H21N3O/c1-5-14(9-10(2)8-12)7-6-11(15)13(3)4/h10H,5-7,9H2,1-4H3. The number of hydrogen-bond acceptors (Lipinski definition) is 3. The van der Waals surface area contributed by atoms with Gasteiger partial charge in [-0.25, -0.2) is 0 Å². The maximum absolute atomic E-state index is 11.4. The van der Waals surface area contributed by atoms with E-state index in [-0.39, 0.29) is 11.8 Å². The summed E-state index contributed by atoms with van der Waals surface area (Å²) in [5, 5.41) is 8.69. The van der Waals surface area contributed by atoms with E-state index >= 15 is 0 Å². The number of nitriles is 1. The first kappa shape index (κ1) is 13.9.